The van der Waals surface area contributed by atoms with Crippen molar-refractivity contribution in [1.82, 2.24) is 10.3 Å². The van der Waals surface area contributed by atoms with Gasteiger partial charge in [-0.25, -0.2) is 0 Å². The van der Waals surface area contributed by atoms with Gasteiger partial charge in [-0.1, -0.05) is 40.7 Å². The van der Waals surface area contributed by atoms with Crippen LogP contribution in [0.3, 0.4) is 0 Å². The van der Waals surface area contributed by atoms with E-state index >= 15 is 0 Å². The van der Waals surface area contributed by atoms with E-state index in [-0.39, 0.29) is 0 Å². The lowest BCUT2D eigenvalue weighted by Crippen LogP contribution is -2.28. The SMILES string of the molecule is CCCNC(CC(C)C(C)(C)C)c1cncc(C)c1. The molecule has 0 spiro atoms. The number of aromatic nitrogens is 1. The van der Waals surface area contributed by atoms with Gasteiger partial charge in [0.2, 0.25) is 0 Å². The zero-order valence-corrected chi connectivity index (χ0v) is 13.5. The van der Waals surface area contributed by atoms with E-state index in [4.69, 9.17) is 0 Å². The molecule has 1 rings (SSSR count). The molecule has 1 N–H and O–H groups in total. The summed E-state index contributed by atoms with van der Waals surface area (Å²) in [5, 5.41) is 3.68. The largest absolute Gasteiger partial charge is 0.310 e. The first-order valence-electron chi connectivity index (χ1n) is 7.49. The molecule has 0 fully saturated rings. The highest BCUT2D eigenvalue weighted by Gasteiger charge is 2.24. The lowest BCUT2D eigenvalue weighted by molar-refractivity contribution is 0.223. The molecule has 0 aliphatic heterocycles. The second kappa shape index (κ2) is 7.04. The van der Waals surface area contributed by atoms with Gasteiger partial charge in [0.25, 0.3) is 0 Å². The average molecular weight is 262 g/mol. The van der Waals surface area contributed by atoms with E-state index < -0.39 is 0 Å². The van der Waals surface area contributed by atoms with E-state index in [0.717, 1.165) is 13.0 Å². The third-order valence-corrected chi connectivity index (χ3v) is 4.01. The van der Waals surface area contributed by atoms with Crippen molar-refractivity contribution < 1.29 is 0 Å². The van der Waals surface area contributed by atoms with Gasteiger partial charge in [0.15, 0.2) is 0 Å². The van der Waals surface area contributed by atoms with Gasteiger partial charge in [-0.2, -0.15) is 0 Å². The van der Waals surface area contributed by atoms with Gasteiger partial charge in [-0.15, -0.1) is 0 Å². The maximum Gasteiger partial charge on any atom is 0.0338 e. The van der Waals surface area contributed by atoms with Gasteiger partial charge >= 0.3 is 0 Å². The Kier molecular flexibility index (Phi) is 5.99. The Labute approximate surface area is 119 Å². The Bertz CT molecular complexity index is 379. The van der Waals surface area contributed by atoms with Crippen molar-refractivity contribution in [3.8, 4) is 0 Å². The second-order valence-electron chi connectivity index (χ2n) is 6.81. The van der Waals surface area contributed by atoms with Crippen LogP contribution in [0.15, 0.2) is 18.5 Å². The Morgan fingerprint density at radius 1 is 1.26 bits per heavy atom. The molecule has 0 amide bonds. The Hall–Kier alpha value is -0.890. The molecule has 1 aromatic heterocycles. The topological polar surface area (TPSA) is 24.9 Å². The molecule has 0 aliphatic rings. The summed E-state index contributed by atoms with van der Waals surface area (Å²) < 4.78 is 0. The van der Waals surface area contributed by atoms with E-state index in [0.29, 0.717) is 17.4 Å². The first-order chi connectivity index (χ1) is 8.84. The van der Waals surface area contributed by atoms with Crippen LogP contribution in [0.2, 0.25) is 0 Å². The summed E-state index contributed by atoms with van der Waals surface area (Å²) in [6, 6.07) is 2.68. The number of hydrogen-bond acceptors (Lipinski definition) is 2. The van der Waals surface area contributed by atoms with Crippen LogP contribution in [0.5, 0.6) is 0 Å². The molecular weight excluding hydrogens is 232 g/mol. The third-order valence-electron chi connectivity index (χ3n) is 4.01. The molecule has 1 heterocycles. The highest BCUT2D eigenvalue weighted by molar-refractivity contribution is 5.20. The van der Waals surface area contributed by atoms with Gasteiger partial charge in [-0.05, 0) is 48.8 Å². The summed E-state index contributed by atoms with van der Waals surface area (Å²) in [5.41, 5.74) is 2.91. The molecule has 19 heavy (non-hydrogen) atoms. The quantitative estimate of drug-likeness (QED) is 0.816. The number of nitrogens with zero attached hydrogens (tertiary/aromatic N) is 1. The summed E-state index contributed by atoms with van der Waals surface area (Å²) in [5.74, 6) is 0.669. The van der Waals surface area contributed by atoms with Gasteiger partial charge < -0.3 is 5.32 Å². The highest BCUT2D eigenvalue weighted by atomic mass is 14.9. The minimum atomic E-state index is 0.351. The van der Waals surface area contributed by atoms with Crippen molar-refractivity contribution in [3.05, 3.63) is 29.6 Å². The molecule has 0 aromatic carbocycles. The van der Waals surface area contributed by atoms with E-state index in [2.05, 4.69) is 57.9 Å². The fourth-order valence-electron chi connectivity index (χ4n) is 2.13. The average Bonchev–Trinajstić information content (AvgIpc) is 2.33. The molecule has 2 nitrogen and oxygen atoms in total. The zero-order chi connectivity index (χ0) is 14.5. The van der Waals surface area contributed by atoms with Crippen molar-refractivity contribution in [2.24, 2.45) is 11.3 Å². The molecule has 2 heteroatoms. The monoisotopic (exact) mass is 262 g/mol. The minimum Gasteiger partial charge on any atom is -0.310 e. The fraction of sp³-hybridized carbons (Fsp3) is 0.706. The van der Waals surface area contributed by atoms with E-state index in [1.54, 1.807) is 0 Å². The Morgan fingerprint density at radius 2 is 1.95 bits per heavy atom. The van der Waals surface area contributed by atoms with Crippen LogP contribution < -0.4 is 5.32 Å². The summed E-state index contributed by atoms with van der Waals surface area (Å²) in [6.07, 6.45) is 6.26. The summed E-state index contributed by atoms with van der Waals surface area (Å²) in [4.78, 5) is 4.34. The number of hydrogen-bond donors (Lipinski definition) is 1. The Morgan fingerprint density at radius 3 is 2.47 bits per heavy atom. The van der Waals surface area contributed by atoms with Crippen molar-refractivity contribution >= 4 is 0 Å². The maximum atomic E-state index is 4.34. The predicted molar refractivity (Wildman–Crippen MR) is 83.2 cm³/mol. The molecule has 0 radical (unpaired) electrons. The number of pyridine rings is 1. The van der Waals surface area contributed by atoms with Gasteiger partial charge in [0, 0.05) is 18.4 Å². The van der Waals surface area contributed by atoms with E-state index in [9.17, 15) is 0 Å². The molecule has 2 atom stereocenters. The molecule has 0 saturated carbocycles. The predicted octanol–water partition coefficient (Wildman–Crippen LogP) is 4.50. The van der Waals surface area contributed by atoms with Crippen LogP contribution in [0.1, 0.15) is 64.6 Å². The minimum absolute atomic E-state index is 0.351. The second-order valence-corrected chi connectivity index (χ2v) is 6.81. The van der Waals surface area contributed by atoms with Crippen LogP contribution >= 0.6 is 0 Å². The first kappa shape index (κ1) is 16.2. The summed E-state index contributed by atoms with van der Waals surface area (Å²) >= 11 is 0. The highest BCUT2D eigenvalue weighted by Crippen LogP contribution is 2.33. The molecular formula is C17H30N2. The van der Waals surface area contributed by atoms with Crippen molar-refractivity contribution in [2.45, 2.75) is 60.4 Å². The molecule has 0 aliphatic carbocycles. The molecule has 0 saturated heterocycles. The van der Waals surface area contributed by atoms with Gasteiger partial charge in [-0.3, -0.25) is 4.98 Å². The molecule has 1 aromatic rings. The van der Waals surface area contributed by atoms with E-state index in [1.165, 1.54) is 17.5 Å². The number of nitrogens with one attached hydrogen (secondary N) is 1. The number of aryl methyl sites for hydroxylation is 1. The third kappa shape index (κ3) is 5.32. The smallest absolute Gasteiger partial charge is 0.0338 e. The van der Waals surface area contributed by atoms with Crippen molar-refractivity contribution in [3.63, 3.8) is 0 Å². The lowest BCUT2D eigenvalue weighted by Gasteiger charge is -2.31. The molecule has 108 valence electrons. The van der Waals surface area contributed by atoms with Crippen LogP contribution in [0.4, 0.5) is 0 Å². The normalized spacial score (nSPS) is 15.3. The van der Waals surface area contributed by atoms with Gasteiger partial charge in [0.05, 0.1) is 0 Å². The summed E-state index contributed by atoms with van der Waals surface area (Å²) in [7, 11) is 0. The summed E-state index contributed by atoms with van der Waals surface area (Å²) in [6.45, 7) is 14.7. The molecule has 0 bridgehead atoms. The Balaban J connectivity index is 2.83. The fourth-order valence-corrected chi connectivity index (χ4v) is 2.13. The van der Waals surface area contributed by atoms with Gasteiger partial charge in [0.1, 0.15) is 0 Å². The van der Waals surface area contributed by atoms with Crippen LogP contribution in [0.25, 0.3) is 0 Å². The van der Waals surface area contributed by atoms with Crippen LogP contribution in [-0.2, 0) is 0 Å². The first-order valence-corrected chi connectivity index (χ1v) is 7.49. The van der Waals surface area contributed by atoms with Crippen LogP contribution in [0, 0.1) is 18.3 Å². The van der Waals surface area contributed by atoms with Crippen molar-refractivity contribution in [2.75, 3.05) is 6.54 Å². The van der Waals surface area contributed by atoms with Crippen LogP contribution in [-0.4, -0.2) is 11.5 Å². The van der Waals surface area contributed by atoms with E-state index in [1.807, 2.05) is 12.4 Å². The molecule has 2 unspecified atom stereocenters. The lowest BCUT2D eigenvalue weighted by atomic mass is 9.77. The number of rotatable bonds is 6. The zero-order valence-electron chi connectivity index (χ0n) is 13.5. The maximum absolute atomic E-state index is 4.34. The van der Waals surface area contributed by atoms with Crippen molar-refractivity contribution in [1.29, 1.82) is 0 Å². The standard InChI is InChI=1S/C17H30N2/c1-7-8-19-16(10-14(3)17(4,5)6)15-9-13(2)11-18-12-15/h9,11-12,14,16,19H,7-8,10H2,1-6H3.